The van der Waals surface area contributed by atoms with Crippen LogP contribution in [0.15, 0.2) is 71.5 Å². The van der Waals surface area contributed by atoms with Gasteiger partial charge in [0.05, 0.1) is 17.8 Å². The fourth-order valence-electron chi connectivity index (χ4n) is 5.33. The van der Waals surface area contributed by atoms with Crippen molar-refractivity contribution in [1.29, 1.82) is 10.5 Å². The highest BCUT2D eigenvalue weighted by Crippen LogP contribution is 2.55. The zero-order chi connectivity index (χ0) is 23.0. The highest BCUT2D eigenvalue weighted by atomic mass is 16.1. The van der Waals surface area contributed by atoms with Crippen LogP contribution in [0.3, 0.4) is 0 Å². The van der Waals surface area contributed by atoms with E-state index in [1.165, 1.54) is 5.56 Å². The van der Waals surface area contributed by atoms with Gasteiger partial charge in [-0.15, -0.1) is 0 Å². The molecule has 0 amide bonds. The lowest BCUT2D eigenvalue weighted by Gasteiger charge is -2.46. The molecule has 0 bridgehead atoms. The topological polar surface area (TPSA) is 123 Å². The van der Waals surface area contributed by atoms with Gasteiger partial charge in [0.1, 0.15) is 5.82 Å². The number of nitriles is 2. The summed E-state index contributed by atoms with van der Waals surface area (Å²) in [6, 6.07) is 24.3. The molecule has 2 heterocycles. The zero-order valence-corrected chi connectivity index (χ0v) is 17.9. The number of aromatic nitrogens is 2. The van der Waals surface area contributed by atoms with Gasteiger partial charge in [-0.05, 0) is 16.7 Å². The Bertz CT molecular complexity index is 1350. The Morgan fingerprint density at radius 3 is 2.42 bits per heavy atom. The minimum absolute atomic E-state index is 0.0582. The second-order valence-electron chi connectivity index (χ2n) is 8.54. The Kier molecular flexibility index (Phi) is 5.05. The molecule has 2 aliphatic rings. The molecular weight excluding hydrogens is 412 g/mol. The quantitative estimate of drug-likeness (QED) is 0.653. The molecule has 0 spiro atoms. The van der Waals surface area contributed by atoms with E-state index in [1.807, 2.05) is 48.5 Å². The number of hydrogen-bond donors (Lipinski definition) is 2. The van der Waals surface area contributed by atoms with Crippen LogP contribution in [0.1, 0.15) is 28.3 Å². The molecule has 1 aliphatic heterocycles. The van der Waals surface area contributed by atoms with Gasteiger partial charge >= 0.3 is 5.69 Å². The van der Waals surface area contributed by atoms with Crippen LogP contribution in [0.5, 0.6) is 0 Å². The first-order valence-corrected chi connectivity index (χ1v) is 10.8. The SMILES string of the molecule is N#CC1(C#N)c2[nH]c(=O)nc(N)c2C2=CCN(Cc3ccccc3)CC2C1c1ccccc1. The van der Waals surface area contributed by atoms with Gasteiger partial charge in [-0.2, -0.15) is 15.5 Å². The second-order valence-corrected chi connectivity index (χ2v) is 8.54. The number of nitrogens with one attached hydrogen (secondary N) is 1. The molecule has 2 aromatic carbocycles. The van der Waals surface area contributed by atoms with Gasteiger partial charge < -0.3 is 10.7 Å². The van der Waals surface area contributed by atoms with E-state index in [9.17, 15) is 15.3 Å². The van der Waals surface area contributed by atoms with Crippen LogP contribution in [0.2, 0.25) is 0 Å². The van der Waals surface area contributed by atoms with Gasteiger partial charge in [-0.1, -0.05) is 66.7 Å². The number of aromatic amines is 1. The van der Waals surface area contributed by atoms with Crippen LogP contribution in [0.4, 0.5) is 5.82 Å². The van der Waals surface area contributed by atoms with E-state index < -0.39 is 17.0 Å². The van der Waals surface area contributed by atoms with Gasteiger partial charge in [0.2, 0.25) is 0 Å². The Morgan fingerprint density at radius 2 is 1.76 bits per heavy atom. The summed E-state index contributed by atoms with van der Waals surface area (Å²) in [4.78, 5) is 21.1. The number of benzene rings is 2. The molecule has 1 aromatic heterocycles. The molecule has 2 unspecified atom stereocenters. The van der Waals surface area contributed by atoms with Crippen molar-refractivity contribution in [3.8, 4) is 12.1 Å². The summed E-state index contributed by atoms with van der Waals surface area (Å²) in [5.41, 5.74) is 7.73. The minimum atomic E-state index is -1.61. The van der Waals surface area contributed by atoms with E-state index in [-0.39, 0.29) is 17.4 Å². The third-order valence-electron chi connectivity index (χ3n) is 6.70. The van der Waals surface area contributed by atoms with Gasteiger partial charge in [0, 0.05) is 37.0 Å². The molecule has 162 valence electrons. The lowest BCUT2D eigenvalue weighted by molar-refractivity contribution is 0.223. The summed E-state index contributed by atoms with van der Waals surface area (Å²) < 4.78 is 0. The highest BCUT2D eigenvalue weighted by molar-refractivity contribution is 5.82. The van der Waals surface area contributed by atoms with E-state index in [2.05, 4.69) is 45.2 Å². The molecule has 7 heteroatoms. The predicted octanol–water partition coefficient (Wildman–Crippen LogP) is 2.95. The summed E-state index contributed by atoms with van der Waals surface area (Å²) >= 11 is 0. The van der Waals surface area contributed by atoms with E-state index >= 15 is 0 Å². The molecule has 1 aliphatic carbocycles. The van der Waals surface area contributed by atoms with Crippen LogP contribution in [0, 0.1) is 28.6 Å². The Morgan fingerprint density at radius 1 is 1.09 bits per heavy atom. The zero-order valence-electron chi connectivity index (χ0n) is 17.9. The summed E-state index contributed by atoms with van der Waals surface area (Å²) in [5, 5.41) is 20.8. The molecule has 0 saturated carbocycles. The predicted molar refractivity (Wildman–Crippen MR) is 125 cm³/mol. The van der Waals surface area contributed by atoms with Gasteiger partial charge in [-0.3, -0.25) is 4.90 Å². The fraction of sp³-hybridized carbons (Fsp3) is 0.231. The average Bonchev–Trinajstić information content (AvgIpc) is 2.84. The normalized spacial score (nSPS) is 21.1. The summed E-state index contributed by atoms with van der Waals surface area (Å²) in [5.74, 6) is -0.599. The Balaban J connectivity index is 1.71. The summed E-state index contributed by atoms with van der Waals surface area (Å²) in [7, 11) is 0. The molecule has 0 saturated heterocycles. The number of nitrogens with two attached hydrogens (primary N) is 1. The lowest BCUT2D eigenvalue weighted by atomic mass is 9.57. The third kappa shape index (κ3) is 3.31. The molecule has 3 N–H and O–H groups in total. The number of H-pyrrole nitrogens is 1. The summed E-state index contributed by atoms with van der Waals surface area (Å²) in [6.45, 7) is 2.08. The van der Waals surface area contributed by atoms with Crippen molar-refractivity contribution in [3.63, 3.8) is 0 Å². The first-order valence-electron chi connectivity index (χ1n) is 10.8. The molecule has 7 nitrogen and oxygen atoms in total. The minimum Gasteiger partial charge on any atom is -0.383 e. The van der Waals surface area contributed by atoms with Crippen molar-refractivity contribution in [1.82, 2.24) is 14.9 Å². The average molecular weight is 435 g/mol. The summed E-state index contributed by atoms with van der Waals surface area (Å²) in [6.07, 6.45) is 2.10. The Hall–Kier alpha value is -4.20. The smallest absolute Gasteiger partial charge is 0.347 e. The van der Waals surface area contributed by atoms with Crippen LogP contribution in [-0.4, -0.2) is 28.0 Å². The molecule has 0 radical (unpaired) electrons. The van der Waals surface area contributed by atoms with Gasteiger partial charge in [0.25, 0.3) is 0 Å². The van der Waals surface area contributed by atoms with Gasteiger partial charge in [-0.25, -0.2) is 4.79 Å². The molecule has 5 rings (SSSR count). The number of nitrogen functional groups attached to an aromatic ring is 1. The lowest BCUT2D eigenvalue weighted by Crippen LogP contribution is -2.48. The van der Waals surface area contributed by atoms with Crippen molar-refractivity contribution in [3.05, 3.63) is 99.6 Å². The van der Waals surface area contributed by atoms with Crippen molar-refractivity contribution in [2.45, 2.75) is 17.9 Å². The van der Waals surface area contributed by atoms with Crippen molar-refractivity contribution >= 4 is 11.4 Å². The fourth-order valence-corrected chi connectivity index (χ4v) is 5.33. The molecular formula is C26H22N6O. The number of nitrogens with zero attached hydrogens (tertiary/aromatic N) is 4. The Labute approximate surface area is 191 Å². The highest BCUT2D eigenvalue weighted by Gasteiger charge is 2.55. The monoisotopic (exact) mass is 434 g/mol. The number of rotatable bonds is 3. The van der Waals surface area contributed by atoms with Crippen LogP contribution in [0.25, 0.3) is 5.57 Å². The maximum Gasteiger partial charge on any atom is 0.347 e. The third-order valence-corrected chi connectivity index (χ3v) is 6.70. The van der Waals surface area contributed by atoms with E-state index in [1.54, 1.807) is 0 Å². The maximum atomic E-state index is 12.2. The van der Waals surface area contributed by atoms with Crippen LogP contribution < -0.4 is 11.4 Å². The van der Waals surface area contributed by atoms with Crippen molar-refractivity contribution in [2.24, 2.45) is 5.92 Å². The molecule has 3 aromatic rings. The van der Waals surface area contributed by atoms with Gasteiger partial charge in [0.15, 0.2) is 5.41 Å². The number of hydrogen-bond acceptors (Lipinski definition) is 6. The maximum absolute atomic E-state index is 12.2. The van der Waals surface area contributed by atoms with Crippen LogP contribution >= 0.6 is 0 Å². The van der Waals surface area contributed by atoms with Crippen molar-refractivity contribution < 1.29 is 0 Å². The van der Waals surface area contributed by atoms with E-state index in [4.69, 9.17) is 5.73 Å². The first-order chi connectivity index (χ1) is 16.1. The standard InChI is InChI=1S/C26H22N6O/c27-15-26(16-28)22(18-9-5-2-6-10-18)20-14-32(13-17-7-3-1-4-8-17)12-11-19(20)21-23(26)30-25(33)31-24(21)29/h1-11,20,22H,12-14H2,(H3,29,30,31,33). The van der Waals surface area contributed by atoms with Crippen molar-refractivity contribution in [2.75, 3.05) is 18.8 Å². The number of fused-ring (bicyclic) bond motifs is 3. The largest absolute Gasteiger partial charge is 0.383 e. The molecule has 2 atom stereocenters. The second kappa shape index (κ2) is 8.05. The molecule has 33 heavy (non-hydrogen) atoms. The van der Waals surface area contributed by atoms with E-state index in [0.717, 1.165) is 17.7 Å². The molecule has 0 fully saturated rings. The first kappa shape index (κ1) is 20.7. The number of anilines is 1. The van der Waals surface area contributed by atoms with Crippen LogP contribution in [-0.2, 0) is 12.0 Å². The van der Waals surface area contributed by atoms with E-state index in [0.29, 0.717) is 18.7 Å².